The molecule has 0 aromatic heterocycles. The molecule has 0 radical (unpaired) electrons. The summed E-state index contributed by atoms with van der Waals surface area (Å²) in [4.78, 5) is 11.5. The number of primary amides is 1. The second kappa shape index (κ2) is 6.70. The van der Waals surface area contributed by atoms with Crippen LogP contribution in [0.1, 0.15) is 29.6 Å². The first-order valence-corrected chi connectivity index (χ1v) is 9.45. The van der Waals surface area contributed by atoms with Crippen LogP contribution in [-0.4, -0.2) is 51.5 Å². The zero-order chi connectivity index (χ0) is 17.3. The van der Waals surface area contributed by atoms with Crippen molar-refractivity contribution in [3.63, 3.8) is 0 Å². The van der Waals surface area contributed by atoms with Gasteiger partial charge in [0.2, 0.25) is 10.0 Å². The molecule has 8 heteroatoms. The maximum absolute atomic E-state index is 12.8. The van der Waals surface area contributed by atoms with Gasteiger partial charge in [0.1, 0.15) is 5.75 Å². The summed E-state index contributed by atoms with van der Waals surface area (Å²) >= 11 is 0. The molecule has 7 nitrogen and oxygen atoms in total. The lowest BCUT2D eigenvalue weighted by atomic mass is 10.2. The number of benzene rings is 1. The van der Waals surface area contributed by atoms with Crippen molar-refractivity contribution in [2.75, 3.05) is 26.8 Å². The van der Waals surface area contributed by atoms with Crippen LogP contribution >= 0.6 is 0 Å². The van der Waals surface area contributed by atoms with Gasteiger partial charge in [-0.05, 0) is 43.4 Å². The van der Waals surface area contributed by atoms with Crippen molar-refractivity contribution in [3.8, 4) is 5.75 Å². The third kappa shape index (κ3) is 3.55. The molecule has 2 fully saturated rings. The molecule has 1 saturated carbocycles. The van der Waals surface area contributed by atoms with Crippen LogP contribution in [0.25, 0.3) is 0 Å². The van der Waals surface area contributed by atoms with E-state index in [2.05, 4.69) is 0 Å². The zero-order valence-electron chi connectivity index (χ0n) is 13.6. The van der Waals surface area contributed by atoms with E-state index >= 15 is 0 Å². The summed E-state index contributed by atoms with van der Waals surface area (Å²) in [5.41, 5.74) is 5.36. The van der Waals surface area contributed by atoms with Crippen LogP contribution < -0.4 is 10.5 Å². The standard InChI is InChI=1S/C16H22N2O5S/c1-22-15-5-4-13(8-14(15)16(17)19)24(20,21)18-7-6-12(9-18)23-10-11-2-3-11/h4-5,8,11-12H,2-3,6-7,9-10H2,1H3,(H2,17,19). The Morgan fingerprint density at radius 1 is 1.33 bits per heavy atom. The third-order valence-corrected chi connectivity index (χ3v) is 6.31. The lowest BCUT2D eigenvalue weighted by molar-refractivity contribution is 0.0561. The highest BCUT2D eigenvalue weighted by Crippen LogP contribution is 2.31. The van der Waals surface area contributed by atoms with Crippen molar-refractivity contribution in [1.82, 2.24) is 4.31 Å². The molecule has 1 heterocycles. The number of rotatable bonds is 7. The number of amides is 1. The fourth-order valence-electron chi connectivity index (χ4n) is 2.80. The van der Waals surface area contributed by atoms with E-state index in [1.54, 1.807) is 0 Å². The maximum Gasteiger partial charge on any atom is 0.252 e. The van der Waals surface area contributed by atoms with Crippen LogP contribution in [0, 0.1) is 5.92 Å². The topological polar surface area (TPSA) is 98.9 Å². The van der Waals surface area contributed by atoms with Crippen LogP contribution in [0.4, 0.5) is 0 Å². The lowest BCUT2D eigenvalue weighted by Gasteiger charge is -2.18. The molecule has 0 spiro atoms. The van der Waals surface area contributed by atoms with Gasteiger partial charge in [-0.25, -0.2) is 8.42 Å². The number of hydrogen-bond donors (Lipinski definition) is 1. The smallest absolute Gasteiger partial charge is 0.252 e. The van der Waals surface area contributed by atoms with Gasteiger partial charge in [0.15, 0.2) is 0 Å². The normalized spacial score (nSPS) is 21.8. The number of sulfonamides is 1. The molecule has 1 aromatic rings. The molecule has 1 amide bonds. The van der Waals surface area contributed by atoms with Crippen molar-refractivity contribution in [2.45, 2.75) is 30.3 Å². The molecule has 2 N–H and O–H groups in total. The van der Waals surface area contributed by atoms with E-state index in [4.69, 9.17) is 15.2 Å². The first-order chi connectivity index (χ1) is 11.4. The van der Waals surface area contributed by atoms with Gasteiger partial charge >= 0.3 is 0 Å². The average Bonchev–Trinajstić information content (AvgIpc) is 3.27. The SMILES string of the molecule is COc1ccc(S(=O)(=O)N2CCC(OCC3CC3)C2)cc1C(N)=O. The Balaban J connectivity index is 1.75. The summed E-state index contributed by atoms with van der Waals surface area (Å²) in [5.74, 6) is 0.180. The predicted octanol–water partition coefficient (Wildman–Crippen LogP) is 0.984. The fraction of sp³-hybridized carbons (Fsp3) is 0.562. The Labute approximate surface area is 141 Å². The molecule has 3 rings (SSSR count). The minimum absolute atomic E-state index is 0.0416. The minimum Gasteiger partial charge on any atom is -0.496 e. The number of nitrogens with two attached hydrogens (primary N) is 1. The number of methoxy groups -OCH3 is 1. The van der Waals surface area contributed by atoms with E-state index in [1.807, 2.05) is 0 Å². The summed E-state index contributed by atoms with van der Waals surface area (Å²) in [5, 5.41) is 0. The molecule has 0 bridgehead atoms. The Hall–Kier alpha value is -1.64. The largest absolute Gasteiger partial charge is 0.496 e. The highest BCUT2D eigenvalue weighted by molar-refractivity contribution is 7.89. The number of ether oxygens (including phenoxy) is 2. The number of nitrogens with zero attached hydrogens (tertiary/aromatic N) is 1. The first-order valence-electron chi connectivity index (χ1n) is 8.01. The minimum atomic E-state index is -3.69. The van der Waals surface area contributed by atoms with Gasteiger partial charge in [-0.2, -0.15) is 4.31 Å². The molecular formula is C16H22N2O5S. The van der Waals surface area contributed by atoms with Gasteiger partial charge in [-0.1, -0.05) is 0 Å². The van der Waals surface area contributed by atoms with Crippen LogP contribution in [0.3, 0.4) is 0 Å². The van der Waals surface area contributed by atoms with E-state index in [0.717, 1.165) is 0 Å². The molecule has 1 aliphatic heterocycles. The van der Waals surface area contributed by atoms with Gasteiger partial charge < -0.3 is 15.2 Å². The van der Waals surface area contributed by atoms with Crippen LogP contribution in [0.2, 0.25) is 0 Å². The van der Waals surface area contributed by atoms with Gasteiger partial charge in [-0.15, -0.1) is 0 Å². The summed E-state index contributed by atoms with van der Waals surface area (Å²) in [6.45, 7) is 1.47. The van der Waals surface area contributed by atoms with E-state index < -0.39 is 15.9 Å². The molecular weight excluding hydrogens is 332 g/mol. The second-order valence-electron chi connectivity index (χ2n) is 6.28. The molecule has 2 aliphatic rings. The second-order valence-corrected chi connectivity index (χ2v) is 8.21. The Morgan fingerprint density at radius 3 is 2.71 bits per heavy atom. The molecule has 24 heavy (non-hydrogen) atoms. The summed E-state index contributed by atoms with van der Waals surface area (Å²) in [6.07, 6.45) is 3.03. The van der Waals surface area contributed by atoms with Crippen molar-refractivity contribution in [1.29, 1.82) is 0 Å². The van der Waals surface area contributed by atoms with Crippen molar-refractivity contribution >= 4 is 15.9 Å². The first kappa shape index (κ1) is 17.2. The summed E-state index contributed by atoms with van der Waals surface area (Å²) in [7, 11) is -2.28. The van der Waals surface area contributed by atoms with Crippen molar-refractivity contribution in [3.05, 3.63) is 23.8 Å². The van der Waals surface area contributed by atoms with Gasteiger partial charge in [0.25, 0.3) is 5.91 Å². The third-order valence-electron chi connectivity index (χ3n) is 4.45. The van der Waals surface area contributed by atoms with Crippen LogP contribution in [-0.2, 0) is 14.8 Å². The van der Waals surface area contributed by atoms with E-state index in [9.17, 15) is 13.2 Å². The number of hydrogen-bond acceptors (Lipinski definition) is 5. The van der Waals surface area contributed by atoms with Gasteiger partial charge in [0.05, 0.1) is 23.7 Å². The van der Waals surface area contributed by atoms with Crippen molar-refractivity contribution in [2.24, 2.45) is 11.7 Å². The maximum atomic E-state index is 12.8. The van der Waals surface area contributed by atoms with Crippen LogP contribution in [0.5, 0.6) is 5.75 Å². The molecule has 1 atom stereocenters. The molecule has 1 aliphatic carbocycles. The number of carbonyl (C=O) groups is 1. The Kier molecular flexibility index (Phi) is 4.80. The highest BCUT2D eigenvalue weighted by Gasteiger charge is 2.34. The van der Waals surface area contributed by atoms with Gasteiger partial charge in [-0.3, -0.25) is 4.79 Å². The van der Waals surface area contributed by atoms with Gasteiger partial charge in [0, 0.05) is 19.7 Å². The molecule has 1 aromatic carbocycles. The fourth-order valence-corrected chi connectivity index (χ4v) is 4.31. The lowest BCUT2D eigenvalue weighted by Crippen LogP contribution is -2.30. The van der Waals surface area contributed by atoms with E-state index in [1.165, 1.54) is 42.5 Å². The predicted molar refractivity (Wildman–Crippen MR) is 87.4 cm³/mol. The highest BCUT2D eigenvalue weighted by atomic mass is 32.2. The van der Waals surface area contributed by atoms with E-state index in [-0.39, 0.29) is 22.3 Å². The van der Waals surface area contributed by atoms with Crippen LogP contribution in [0.15, 0.2) is 23.1 Å². The monoisotopic (exact) mass is 354 g/mol. The van der Waals surface area contributed by atoms with Crippen molar-refractivity contribution < 1.29 is 22.7 Å². The summed E-state index contributed by atoms with van der Waals surface area (Å²) in [6, 6.07) is 4.15. The Bertz CT molecular complexity index is 730. The molecule has 1 saturated heterocycles. The van der Waals surface area contributed by atoms with E-state index in [0.29, 0.717) is 32.0 Å². The summed E-state index contributed by atoms with van der Waals surface area (Å²) < 4.78 is 37.8. The average molecular weight is 354 g/mol. The Morgan fingerprint density at radius 2 is 2.08 bits per heavy atom. The number of carbonyl (C=O) groups excluding carboxylic acids is 1. The zero-order valence-corrected chi connectivity index (χ0v) is 14.4. The molecule has 132 valence electrons. The molecule has 1 unspecified atom stereocenters. The quantitative estimate of drug-likeness (QED) is 0.787.